The Kier molecular flexibility index (Phi) is 7.91. The van der Waals surface area contributed by atoms with Gasteiger partial charge in [0.15, 0.2) is 0 Å². The van der Waals surface area contributed by atoms with Crippen molar-refractivity contribution in [2.45, 2.75) is 89.3 Å². The Bertz CT molecular complexity index is 1500. The van der Waals surface area contributed by atoms with E-state index >= 15 is 0 Å². The van der Waals surface area contributed by atoms with Gasteiger partial charge in [-0.05, 0) is 67.3 Å². The zero-order chi connectivity index (χ0) is 29.6. The van der Waals surface area contributed by atoms with E-state index in [0.717, 1.165) is 52.2 Å². The molecule has 3 saturated heterocycles. The van der Waals surface area contributed by atoms with Gasteiger partial charge in [0.2, 0.25) is 0 Å². The first kappa shape index (κ1) is 28.9. The van der Waals surface area contributed by atoms with Gasteiger partial charge in [-0.15, -0.1) is 11.3 Å². The van der Waals surface area contributed by atoms with Crippen molar-refractivity contribution in [1.29, 1.82) is 0 Å². The number of alkyl halides is 2. The van der Waals surface area contributed by atoms with Crippen LogP contribution in [0.15, 0.2) is 30.5 Å². The fourth-order valence-corrected chi connectivity index (χ4v) is 7.79. The minimum absolute atomic E-state index is 0.00703. The first-order valence-electron chi connectivity index (χ1n) is 15.0. The SMILES string of the molecule is CCc1cc(NC(=O)C(=O)N2C[C@@H](C)CC[C@@H]2c2ccc3sc(CC[C@H]4CC(F)(F)C[C@@H]5CCN45)nc3c2)cnc1N. The molecule has 1 aromatic carbocycles. The molecule has 8 nitrogen and oxygen atoms in total. The maximum Gasteiger partial charge on any atom is 0.313 e. The molecular weight excluding hydrogens is 558 g/mol. The van der Waals surface area contributed by atoms with Gasteiger partial charge in [-0.1, -0.05) is 19.9 Å². The lowest BCUT2D eigenvalue weighted by atomic mass is 9.83. The molecule has 5 heterocycles. The normalized spacial score (nSPS) is 25.6. The fourth-order valence-electron chi connectivity index (χ4n) is 6.83. The predicted molar refractivity (Wildman–Crippen MR) is 161 cm³/mol. The van der Waals surface area contributed by atoms with E-state index < -0.39 is 17.7 Å². The number of aromatic nitrogens is 2. The Labute approximate surface area is 248 Å². The Balaban J connectivity index is 1.16. The van der Waals surface area contributed by atoms with Gasteiger partial charge < -0.3 is 16.0 Å². The predicted octanol–water partition coefficient (Wildman–Crippen LogP) is 5.58. The number of nitrogen functional groups attached to an aromatic ring is 1. The van der Waals surface area contributed by atoms with E-state index in [2.05, 4.69) is 22.1 Å². The molecule has 2 aromatic heterocycles. The molecule has 6 rings (SSSR count). The van der Waals surface area contributed by atoms with Crippen LogP contribution < -0.4 is 11.1 Å². The van der Waals surface area contributed by atoms with Crippen LogP contribution in [0.25, 0.3) is 10.2 Å². The van der Waals surface area contributed by atoms with Crippen LogP contribution in [-0.4, -0.2) is 62.7 Å². The molecule has 0 bridgehead atoms. The van der Waals surface area contributed by atoms with Crippen molar-refractivity contribution in [2.75, 3.05) is 24.1 Å². The third kappa shape index (κ3) is 5.86. The number of amides is 2. The quantitative estimate of drug-likeness (QED) is 0.360. The number of carbonyl (C=O) groups is 2. The summed E-state index contributed by atoms with van der Waals surface area (Å²) in [7, 11) is 0. The number of rotatable bonds is 6. The number of pyridine rings is 1. The third-order valence-corrected chi connectivity index (χ3v) is 10.3. The summed E-state index contributed by atoms with van der Waals surface area (Å²) in [6.45, 7) is 5.44. The van der Waals surface area contributed by atoms with E-state index in [0.29, 0.717) is 37.3 Å². The Morgan fingerprint density at radius 3 is 2.79 bits per heavy atom. The second-order valence-corrected chi connectivity index (χ2v) is 13.3. The number of hydrogen-bond donors (Lipinski definition) is 2. The smallest absolute Gasteiger partial charge is 0.313 e. The van der Waals surface area contributed by atoms with Crippen molar-refractivity contribution in [3.05, 3.63) is 46.6 Å². The Hall–Kier alpha value is -3.18. The Morgan fingerprint density at radius 1 is 1.19 bits per heavy atom. The topological polar surface area (TPSA) is 104 Å². The highest BCUT2D eigenvalue weighted by Crippen LogP contribution is 2.42. The second kappa shape index (κ2) is 11.5. The van der Waals surface area contributed by atoms with E-state index in [1.807, 2.05) is 25.1 Å². The number of likely N-dealkylation sites (tertiary alicyclic amines) is 1. The summed E-state index contributed by atoms with van der Waals surface area (Å²) in [5.41, 5.74) is 8.93. The van der Waals surface area contributed by atoms with Crippen molar-refractivity contribution in [3.8, 4) is 0 Å². The fraction of sp³-hybridized carbons (Fsp3) is 0.548. The molecule has 0 saturated carbocycles. The van der Waals surface area contributed by atoms with Gasteiger partial charge in [-0.2, -0.15) is 0 Å². The standard InChI is InChI=1S/C31H38F2N6O2S/c1-3-19-12-21(16-35-28(19)34)36-29(40)30(41)39-17-18(2)4-7-25(39)20-5-8-26-24(13-20)37-27(42-26)9-6-22-14-31(32,33)15-23-10-11-38(22)23/h5,8,12-13,16,18,22-23,25H,3-4,6-7,9-11,14-15,17H2,1-2H3,(H2,34,35)(H,36,40)/t18-,22-,23-,25+/m0/s1. The van der Waals surface area contributed by atoms with Gasteiger partial charge in [-0.3, -0.25) is 14.5 Å². The minimum atomic E-state index is -2.57. The van der Waals surface area contributed by atoms with Gasteiger partial charge in [0.05, 0.1) is 33.2 Å². The first-order chi connectivity index (χ1) is 20.1. The van der Waals surface area contributed by atoms with Gasteiger partial charge in [0.25, 0.3) is 5.92 Å². The number of nitrogens with zero attached hydrogens (tertiary/aromatic N) is 4. The summed E-state index contributed by atoms with van der Waals surface area (Å²) in [4.78, 5) is 39.4. The van der Waals surface area contributed by atoms with Crippen LogP contribution in [0.1, 0.15) is 74.5 Å². The molecule has 3 N–H and O–H groups in total. The van der Waals surface area contributed by atoms with Crippen LogP contribution in [0, 0.1) is 5.92 Å². The lowest BCUT2D eigenvalue weighted by Crippen LogP contribution is -2.60. The number of anilines is 2. The van der Waals surface area contributed by atoms with E-state index in [9.17, 15) is 18.4 Å². The maximum absolute atomic E-state index is 14.2. The summed E-state index contributed by atoms with van der Waals surface area (Å²) in [6, 6.07) is 7.51. The molecular formula is C31H38F2N6O2S. The van der Waals surface area contributed by atoms with E-state index in [1.54, 1.807) is 22.3 Å². The highest BCUT2D eigenvalue weighted by Gasteiger charge is 2.48. The van der Waals surface area contributed by atoms with E-state index in [4.69, 9.17) is 10.7 Å². The number of fused-ring (bicyclic) bond motifs is 2. The number of aryl methyl sites for hydroxylation is 2. The molecule has 0 spiro atoms. The molecule has 0 aliphatic carbocycles. The maximum atomic E-state index is 14.2. The number of benzene rings is 1. The van der Waals surface area contributed by atoms with Crippen LogP contribution in [0.2, 0.25) is 0 Å². The zero-order valence-corrected chi connectivity index (χ0v) is 24.9. The molecule has 3 fully saturated rings. The number of nitrogens with one attached hydrogen (secondary N) is 1. The Morgan fingerprint density at radius 2 is 2.02 bits per heavy atom. The number of nitrogens with two attached hydrogens (primary N) is 1. The average Bonchev–Trinajstić information content (AvgIpc) is 3.36. The highest BCUT2D eigenvalue weighted by molar-refractivity contribution is 7.18. The molecule has 0 unspecified atom stereocenters. The molecule has 11 heteroatoms. The van der Waals surface area contributed by atoms with E-state index in [-0.39, 0.29) is 36.9 Å². The lowest BCUT2D eigenvalue weighted by Gasteiger charge is -2.52. The average molecular weight is 597 g/mol. The molecule has 3 aliphatic rings. The number of hydrogen-bond acceptors (Lipinski definition) is 7. The second-order valence-electron chi connectivity index (χ2n) is 12.2. The summed E-state index contributed by atoms with van der Waals surface area (Å²) >= 11 is 1.60. The third-order valence-electron chi connectivity index (χ3n) is 9.17. The summed E-state index contributed by atoms with van der Waals surface area (Å²) in [6.07, 6.45) is 5.97. The zero-order valence-electron chi connectivity index (χ0n) is 24.1. The van der Waals surface area contributed by atoms with Crippen molar-refractivity contribution < 1.29 is 18.4 Å². The number of thiazole rings is 1. The van der Waals surface area contributed by atoms with Crippen molar-refractivity contribution in [2.24, 2.45) is 5.92 Å². The summed E-state index contributed by atoms with van der Waals surface area (Å²) in [5, 5.41) is 3.65. The van der Waals surface area contributed by atoms with Crippen LogP contribution in [-0.2, 0) is 22.4 Å². The largest absolute Gasteiger partial charge is 0.383 e. The van der Waals surface area contributed by atoms with Crippen molar-refractivity contribution in [1.82, 2.24) is 19.8 Å². The van der Waals surface area contributed by atoms with Crippen LogP contribution >= 0.6 is 11.3 Å². The monoisotopic (exact) mass is 596 g/mol. The van der Waals surface area contributed by atoms with Crippen LogP contribution in [0.3, 0.4) is 0 Å². The van der Waals surface area contributed by atoms with Gasteiger partial charge in [-0.25, -0.2) is 18.7 Å². The van der Waals surface area contributed by atoms with Crippen molar-refractivity contribution >= 4 is 44.9 Å². The molecule has 4 atom stereocenters. The first-order valence-corrected chi connectivity index (χ1v) is 15.8. The molecule has 42 heavy (non-hydrogen) atoms. The highest BCUT2D eigenvalue weighted by atomic mass is 32.1. The summed E-state index contributed by atoms with van der Waals surface area (Å²) in [5.74, 6) is -3.16. The molecule has 224 valence electrons. The molecule has 2 amide bonds. The number of halogens is 2. The summed E-state index contributed by atoms with van der Waals surface area (Å²) < 4.78 is 29.5. The number of piperidine rings is 2. The lowest BCUT2D eigenvalue weighted by molar-refractivity contribution is -0.146. The van der Waals surface area contributed by atoms with Gasteiger partial charge in [0.1, 0.15) is 5.82 Å². The molecule has 3 aliphatic heterocycles. The van der Waals surface area contributed by atoms with Crippen LogP contribution in [0.5, 0.6) is 0 Å². The van der Waals surface area contributed by atoms with Crippen molar-refractivity contribution in [3.63, 3.8) is 0 Å². The van der Waals surface area contributed by atoms with E-state index in [1.165, 1.54) is 6.20 Å². The van der Waals surface area contributed by atoms with Crippen LogP contribution in [0.4, 0.5) is 20.3 Å². The van der Waals surface area contributed by atoms with Gasteiger partial charge in [0, 0.05) is 44.4 Å². The minimum Gasteiger partial charge on any atom is -0.383 e. The molecule has 0 radical (unpaired) electrons. The molecule has 3 aromatic rings. The number of carbonyl (C=O) groups excluding carboxylic acids is 2. The van der Waals surface area contributed by atoms with Gasteiger partial charge >= 0.3 is 11.8 Å².